The number of rotatable bonds is 1. The van der Waals surface area contributed by atoms with Gasteiger partial charge in [0.1, 0.15) is 5.68 Å². The highest BCUT2D eigenvalue weighted by Crippen LogP contribution is 2.09. The minimum atomic E-state index is -0.456. The molecule has 0 aliphatic carbocycles. The van der Waals surface area contributed by atoms with Crippen LogP contribution in [0.25, 0.3) is 0 Å². The van der Waals surface area contributed by atoms with Crippen LogP contribution in [-0.4, -0.2) is 13.5 Å². The van der Waals surface area contributed by atoms with E-state index in [-0.39, 0.29) is 0 Å². The summed E-state index contributed by atoms with van der Waals surface area (Å²) in [5, 5.41) is 0.524. The molecule has 0 N–H and O–H groups in total. The smallest absolute Gasteiger partial charge is 0.175 e. The summed E-state index contributed by atoms with van der Waals surface area (Å²) in [4.78, 5) is 10.5. The second-order valence-corrected chi connectivity index (χ2v) is 2.31. The van der Waals surface area contributed by atoms with E-state index in [1.165, 1.54) is 6.07 Å². The highest BCUT2D eigenvalue weighted by molar-refractivity contribution is 6.62. The zero-order valence-electron chi connectivity index (χ0n) is 5.17. The third-order valence-electron chi connectivity index (χ3n) is 1.11. The van der Waals surface area contributed by atoms with E-state index in [1.807, 2.05) is 0 Å². The summed E-state index contributed by atoms with van der Waals surface area (Å²) in [5.74, 6) is 0. The third-order valence-corrected chi connectivity index (χ3v) is 1.34. The van der Waals surface area contributed by atoms with Crippen LogP contribution >= 0.6 is 11.6 Å². The van der Waals surface area contributed by atoms with E-state index in [0.29, 0.717) is 10.6 Å². The van der Waals surface area contributed by atoms with Gasteiger partial charge in [0.25, 0.3) is 0 Å². The van der Waals surface area contributed by atoms with E-state index >= 15 is 0 Å². The predicted molar refractivity (Wildman–Crippen MR) is 41.5 cm³/mol. The summed E-state index contributed by atoms with van der Waals surface area (Å²) < 4.78 is 0. The maximum Gasteiger partial charge on any atom is 0.175 e. The summed E-state index contributed by atoms with van der Waals surface area (Å²) in [6, 6.07) is 6.52. The van der Waals surface area contributed by atoms with Gasteiger partial charge in [0.15, 0.2) is 7.85 Å². The molecule has 2 radical (unpaired) electrons. The second-order valence-electron chi connectivity index (χ2n) is 1.87. The topological polar surface area (TPSA) is 17.1 Å². The first-order chi connectivity index (χ1) is 4.70. The first-order valence-corrected chi connectivity index (χ1v) is 3.13. The Hall–Kier alpha value is -0.755. The summed E-state index contributed by atoms with van der Waals surface area (Å²) >= 11 is 5.58. The van der Waals surface area contributed by atoms with Gasteiger partial charge in [0.05, 0.1) is 0 Å². The molecular formula is C7H4BClO. The Bertz CT molecular complexity index is 260. The van der Waals surface area contributed by atoms with Gasteiger partial charge >= 0.3 is 0 Å². The SMILES string of the molecule is [B]C(=O)c1cccc(Cl)c1. The third kappa shape index (κ3) is 1.61. The number of hydrogen-bond donors (Lipinski definition) is 0. The Labute approximate surface area is 65.4 Å². The van der Waals surface area contributed by atoms with Crippen molar-refractivity contribution in [1.82, 2.24) is 0 Å². The molecule has 0 heterocycles. The fourth-order valence-corrected chi connectivity index (χ4v) is 0.832. The minimum absolute atomic E-state index is 0.438. The lowest BCUT2D eigenvalue weighted by Gasteiger charge is -1.93. The fraction of sp³-hybridized carbons (Fsp3) is 0. The highest BCUT2D eigenvalue weighted by atomic mass is 35.5. The van der Waals surface area contributed by atoms with E-state index in [0.717, 1.165) is 0 Å². The molecule has 0 spiro atoms. The minimum Gasteiger partial charge on any atom is -0.307 e. The molecule has 1 aromatic rings. The van der Waals surface area contributed by atoms with Crippen molar-refractivity contribution in [2.75, 3.05) is 0 Å². The van der Waals surface area contributed by atoms with E-state index in [2.05, 4.69) is 0 Å². The van der Waals surface area contributed by atoms with Crippen LogP contribution in [-0.2, 0) is 0 Å². The molecule has 0 aromatic heterocycles. The summed E-state index contributed by atoms with van der Waals surface area (Å²) in [7, 11) is 4.99. The molecule has 0 saturated heterocycles. The van der Waals surface area contributed by atoms with Crippen LogP contribution in [0, 0.1) is 0 Å². The quantitative estimate of drug-likeness (QED) is 0.556. The zero-order valence-corrected chi connectivity index (χ0v) is 5.93. The Morgan fingerprint density at radius 1 is 1.50 bits per heavy atom. The van der Waals surface area contributed by atoms with Gasteiger partial charge < -0.3 is 4.79 Å². The highest BCUT2D eigenvalue weighted by Gasteiger charge is 1.96. The average Bonchev–Trinajstić information content (AvgIpc) is 1.88. The molecule has 1 aromatic carbocycles. The Morgan fingerprint density at radius 2 is 2.20 bits per heavy atom. The molecule has 1 rings (SSSR count). The lowest BCUT2D eigenvalue weighted by atomic mass is 9.95. The normalized spacial score (nSPS) is 9.30. The van der Waals surface area contributed by atoms with Crippen LogP contribution in [0.15, 0.2) is 24.3 Å². The van der Waals surface area contributed by atoms with Crippen LogP contribution in [0.4, 0.5) is 0 Å². The molecule has 10 heavy (non-hydrogen) atoms. The molecule has 3 heteroatoms. The van der Waals surface area contributed by atoms with Crippen LogP contribution in [0.1, 0.15) is 10.4 Å². The number of hydrogen-bond acceptors (Lipinski definition) is 1. The predicted octanol–water partition coefficient (Wildman–Crippen LogP) is 1.65. The molecule has 0 fully saturated rings. The standard InChI is InChI=1S/C7H4BClO/c8-7(10)5-2-1-3-6(9)4-5/h1-4H. The molecule has 0 bridgehead atoms. The number of halogens is 1. The van der Waals surface area contributed by atoms with Gasteiger partial charge in [-0.2, -0.15) is 0 Å². The first kappa shape index (κ1) is 7.35. The largest absolute Gasteiger partial charge is 0.307 e. The number of carbonyl (C=O) groups is 1. The maximum absolute atomic E-state index is 10.5. The summed E-state index contributed by atoms with van der Waals surface area (Å²) in [5.41, 5.74) is -0.0185. The summed E-state index contributed by atoms with van der Waals surface area (Å²) in [6.07, 6.45) is 0. The van der Waals surface area contributed by atoms with Crippen molar-refractivity contribution in [3.63, 3.8) is 0 Å². The van der Waals surface area contributed by atoms with E-state index in [4.69, 9.17) is 19.4 Å². The van der Waals surface area contributed by atoms with Crippen LogP contribution in [0.5, 0.6) is 0 Å². The van der Waals surface area contributed by atoms with Gasteiger partial charge in [-0.05, 0) is 12.1 Å². The van der Waals surface area contributed by atoms with Crippen molar-refractivity contribution in [2.45, 2.75) is 0 Å². The molecule has 0 aliphatic heterocycles. The van der Waals surface area contributed by atoms with Gasteiger partial charge in [0.2, 0.25) is 0 Å². The average molecular weight is 150 g/mol. The molecule has 0 saturated carbocycles. The molecule has 48 valence electrons. The van der Waals surface area contributed by atoms with Crippen molar-refractivity contribution >= 4 is 25.1 Å². The van der Waals surface area contributed by atoms with Crippen molar-refractivity contribution in [1.29, 1.82) is 0 Å². The number of benzene rings is 1. The monoisotopic (exact) mass is 150 g/mol. The van der Waals surface area contributed by atoms with E-state index < -0.39 is 5.68 Å². The lowest BCUT2D eigenvalue weighted by Crippen LogP contribution is -1.95. The van der Waals surface area contributed by atoms with Crippen LogP contribution < -0.4 is 0 Å². The Balaban J connectivity index is 3.07. The van der Waals surface area contributed by atoms with E-state index in [9.17, 15) is 4.79 Å². The summed E-state index contributed by atoms with van der Waals surface area (Å²) in [6.45, 7) is 0. The molecular weight excluding hydrogens is 146 g/mol. The van der Waals surface area contributed by atoms with Gasteiger partial charge in [-0.25, -0.2) is 0 Å². The first-order valence-electron chi connectivity index (χ1n) is 2.75. The zero-order chi connectivity index (χ0) is 7.56. The molecule has 1 nitrogen and oxygen atoms in total. The van der Waals surface area contributed by atoms with Crippen molar-refractivity contribution < 1.29 is 4.79 Å². The van der Waals surface area contributed by atoms with Crippen LogP contribution in [0.3, 0.4) is 0 Å². The Morgan fingerprint density at radius 3 is 2.60 bits per heavy atom. The van der Waals surface area contributed by atoms with Crippen LogP contribution in [0.2, 0.25) is 5.02 Å². The van der Waals surface area contributed by atoms with Crippen molar-refractivity contribution in [2.24, 2.45) is 0 Å². The molecule has 0 unspecified atom stereocenters. The molecule has 0 atom stereocenters. The second kappa shape index (κ2) is 2.89. The lowest BCUT2D eigenvalue weighted by molar-refractivity contribution is 0.108. The number of carbonyl (C=O) groups excluding carboxylic acids is 1. The molecule has 0 amide bonds. The molecule has 0 aliphatic rings. The van der Waals surface area contributed by atoms with Crippen molar-refractivity contribution in [3.8, 4) is 0 Å². The maximum atomic E-state index is 10.5. The van der Waals surface area contributed by atoms with Crippen molar-refractivity contribution in [3.05, 3.63) is 34.9 Å². The van der Waals surface area contributed by atoms with Gasteiger partial charge in [0, 0.05) is 10.6 Å². The van der Waals surface area contributed by atoms with Gasteiger partial charge in [-0.15, -0.1) is 0 Å². The van der Waals surface area contributed by atoms with Gasteiger partial charge in [-0.1, -0.05) is 23.7 Å². The fourth-order valence-electron chi connectivity index (χ4n) is 0.642. The van der Waals surface area contributed by atoms with E-state index in [1.54, 1.807) is 18.2 Å². The Kier molecular flexibility index (Phi) is 2.12. The van der Waals surface area contributed by atoms with Gasteiger partial charge in [-0.3, -0.25) is 0 Å².